The van der Waals surface area contributed by atoms with E-state index in [1.807, 2.05) is 0 Å². The number of hydrogen-bond donors (Lipinski definition) is 0. The van der Waals surface area contributed by atoms with Crippen molar-refractivity contribution in [2.75, 3.05) is 0 Å². The number of aromatic carboxylic acids is 1. The van der Waals surface area contributed by atoms with Gasteiger partial charge < -0.3 is 14.6 Å². The van der Waals surface area contributed by atoms with Crippen LogP contribution in [-0.2, 0) is 6.61 Å². The molecule has 2 aromatic carbocycles. The Balaban J connectivity index is 0.00000200. The molecule has 0 amide bonds. The number of halogens is 2. The van der Waals surface area contributed by atoms with Crippen molar-refractivity contribution in [3.8, 4) is 5.75 Å². The second-order valence-electron chi connectivity index (χ2n) is 3.81. The first-order valence-electron chi connectivity index (χ1n) is 5.45. The van der Waals surface area contributed by atoms with Gasteiger partial charge in [0.1, 0.15) is 18.2 Å². The molecule has 0 aliphatic rings. The Morgan fingerprint density at radius 3 is 2.65 bits per heavy atom. The van der Waals surface area contributed by atoms with E-state index in [4.69, 9.17) is 4.74 Å². The minimum Gasteiger partial charge on any atom is -0.545 e. The second-order valence-corrected chi connectivity index (χ2v) is 4.66. The average molecular weight is 363 g/mol. The zero-order valence-electron chi connectivity index (χ0n) is 10.7. The molecule has 0 saturated heterocycles. The van der Waals surface area contributed by atoms with Crippen molar-refractivity contribution in [1.82, 2.24) is 0 Å². The predicted molar refractivity (Wildman–Crippen MR) is 69.2 cm³/mol. The third-order valence-corrected chi connectivity index (χ3v) is 3.27. The van der Waals surface area contributed by atoms with E-state index in [2.05, 4.69) is 15.9 Å². The quantitative estimate of drug-likeness (QED) is 0.691. The number of hydrogen-bond acceptors (Lipinski definition) is 3. The predicted octanol–water partition coefficient (Wildman–Crippen LogP) is -0.465. The number of carbonyl (C=O) groups is 1. The van der Waals surface area contributed by atoms with Crippen LogP contribution in [0.5, 0.6) is 5.75 Å². The van der Waals surface area contributed by atoms with E-state index in [0.29, 0.717) is 10.0 Å². The van der Waals surface area contributed by atoms with Crippen LogP contribution < -0.4 is 61.2 Å². The summed E-state index contributed by atoms with van der Waals surface area (Å²) in [5, 5.41) is 10.9. The summed E-state index contributed by atoms with van der Waals surface area (Å²) in [5.74, 6) is -1.50. The van der Waals surface area contributed by atoms with Gasteiger partial charge in [-0.15, -0.1) is 0 Å². The van der Waals surface area contributed by atoms with Crippen molar-refractivity contribution in [2.45, 2.75) is 6.61 Å². The third-order valence-electron chi connectivity index (χ3n) is 2.50. The normalized spacial score (nSPS) is 9.70. The van der Waals surface area contributed by atoms with Crippen LogP contribution in [0, 0.1) is 5.82 Å². The van der Waals surface area contributed by atoms with Crippen LogP contribution in [0.15, 0.2) is 46.9 Å². The zero-order chi connectivity index (χ0) is 13.8. The molecule has 0 aliphatic heterocycles. The molecule has 2 rings (SSSR count). The van der Waals surface area contributed by atoms with Crippen molar-refractivity contribution in [1.29, 1.82) is 0 Å². The van der Waals surface area contributed by atoms with E-state index in [1.165, 1.54) is 24.3 Å². The molecule has 98 valence electrons. The Morgan fingerprint density at radius 2 is 1.95 bits per heavy atom. The summed E-state index contributed by atoms with van der Waals surface area (Å²) in [6.07, 6.45) is 0. The van der Waals surface area contributed by atoms with Crippen LogP contribution in [0.1, 0.15) is 15.9 Å². The third kappa shape index (κ3) is 4.65. The molecule has 0 spiro atoms. The fourth-order valence-corrected chi connectivity index (χ4v) is 1.93. The SMILES string of the molecule is O=C([O-])c1ccccc1OCc1cc(F)ccc1Br.[K+]. The maximum absolute atomic E-state index is 13.1. The molecule has 0 heterocycles. The van der Waals surface area contributed by atoms with Crippen LogP contribution >= 0.6 is 15.9 Å². The summed E-state index contributed by atoms with van der Waals surface area (Å²) in [4.78, 5) is 10.9. The van der Waals surface area contributed by atoms with Crippen LogP contribution in [0.4, 0.5) is 4.39 Å². The smallest absolute Gasteiger partial charge is 0.545 e. The van der Waals surface area contributed by atoms with Crippen molar-refractivity contribution in [2.24, 2.45) is 0 Å². The van der Waals surface area contributed by atoms with Gasteiger partial charge in [0.25, 0.3) is 0 Å². The molecular formula is C14H9BrFKO3. The molecule has 20 heavy (non-hydrogen) atoms. The van der Waals surface area contributed by atoms with Gasteiger partial charge in [0.15, 0.2) is 0 Å². The molecule has 6 heteroatoms. The Hall–Kier alpha value is -0.244. The first-order valence-corrected chi connectivity index (χ1v) is 6.24. The van der Waals surface area contributed by atoms with Gasteiger partial charge in [-0.2, -0.15) is 0 Å². The van der Waals surface area contributed by atoms with Crippen LogP contribution in [0.2, 0.25) is 0 Å². The van der Waals surface area contributed by atoms with Crippen LogP contribution in [0.25, 0.3) is 0 Å². The molecule has 3 nitrogen and oxygen atoms in total. The summed E-state index contributed by atoms with van der Waals surface area (Å²) in [6.45, 7) is 0.0582. The summed E-state index contributed by atoms with van der Waals surface area (Å²) in [6, 6.07) is 10.4. The van der Waals surface area contributed by atoms with Gasteiger partial charge in [-0.25, -0.2) is 4.39 Å². The van der Waals surface area contributed by atoms with Gasteiger partial charge in [-0.1, -0.05) is 28.1 Å². The fourth-order valence-electron chi connectivity index (χ4n) is 1.57. The van der Waals surface area contributed by atoms with Gasteiger partial charge in [0.05, 0.1) is 5.97 Å². The molecule has 0 unspecified atom stereocenters. The molecule has 0 aromatic heterocycles. The average Bonchev–Trinajstić information content (AvgIpc) is 2.40. The Bertz CT molecular complexity index is 619. The van der Waals surface area contributed by atoms with Crippen molar-refractivity contribution < 1.29 is 70.4 Å². The van der Waals surface area contributed by atoms with Gasteiger partial charge in [-0.3, -0.25) is 0 Å². The first kappa shape index (κ1) is 17.8. The van der Waals surface area contributed by atoms with E-state index >= 15 is 0 Å². The van der Waals surface area contributed by atoms with Gasteiger partial charge >= 0.3 is 51.4 Å². The maximum atomic E-state index is 13.1. The Morgan fingerprint density at radius 1 is 1.25 bits per heavy atom. The summed E-state index contributed by atoms with van der Waals surface area (Å²) in [5.41, 5.74) is 0.558. The zero-order valence-corrected chi connectivity index (χ0v) is 15.4. The molecule has 0 fully saturated rings. The summed E-state index contributed by atoms with van der Waals surface area (Å²) >= 11 is 3.28. The number of carboxylic acids is 1. The molecule has 0 aliphatic carbocycles. The van der Waals surface area contributed by atoms with E-state index in [0.717, 1.165) is 0 Å². The van der Waals surface area contributed by atoms with Crippen molar-refractivity contribution in [3.63, 3.8) is 0 Å². The van der Waals surface area contributed by atoms with Gasteiger partial charge in [-0.05, 0) is 30.3 Å². The van der Waals surface area contributed by atoms with E-state index < -0.39 is 5.97 Å². The summed E-state index contributed by atoms with van der Waals surface area (Å²) < 4.78 is 19.2. The molecule has 0 N–H and O–H groups in total. The summed E-state index contributed by atoms with van der Waals surface area (Å²) in [7, 11) is 0. The Kier molecular flexibility index (Phi) is 7.35. The monoisotopic (exact) mass is 362 g/mol. The largest absolute Gasteiger partial charge is 1.00 e. The van der Waals surface area contributed by atoms with E-state index in [1.54, 1.807) is 18.2 Å². The molecule has 0 atom stereocenters. The topological polar surface area (TPSA) is 49.4 Å². The molecular weight excluding hydrogens is 354 g/mol. The van der Waals surface area contributed by atoms with Crippen molar-refractivity contribution in [3.05, 3.63) is 63.9 Å². The minimum atomic E-state index is -1.31. The number of benzene rings is 2. The number of carbonyl (C=O) groups excluding carboxylic acids is 1. The minimum absolute atomic E-state index is 0. The van der Waals surface area contributed by atoms with Crippen LogP contribution in [-0.4, -0.2) is 5.97 Å². The molecule has 0 saturated carbocycles. The number of carboxylic acid groups (broad SMARTS) is 1. The van der Waals surface area contributed by atoms with Gasteiger partial charge in [0.2, 0.25) is 0 Å². The molecule has 0 bridgehead atoms. The maximum Gasteiger partial charge on any atom is 1.00 e. The number of ether oxygens (including phenoxy) is 1. The van der Waals surface area contributed by atoms with Crippen LogP contribution in [0.3, 0.4) is 0 Å². The van der Waals surface area contributed by atoms with E-state index in [9.17, 15) is 14.3 Å². The number of para-hydroxylation sites is 1. The van der Waals surface area contributed by atoms with Gasteiger partial charge in [0, 0.05) is 15.6 Å². The molecule has 2 aromatic rings. The standard InChI is InChI=1S/C14H10BrFO3.K/c15-12-6-5-10(16)7-9(12)8-19-13-4-2-1-3-11(13)14(17)18;/h1-7H,8H2,(H,17,18);/q;+1/p-1. The fraction of sp³-hybridized carbons (Fsp3) is 0.0714. The number of rotatable bonds is 4. The van der Waals surface area contributed by atoms with E-state index in [-0.39, 0.29) is 75.1 Å². The molecule has 0 radical (unpaired) electrons. The second kappa shape index (κ2) is 8.26. The van der Waals surface area contributed by atoms with Crippen molar-refractivity contribution >= 4 is 21.9 Å². The Labute approximate surface area is 166 Å². The first-order chi connectivity index (χ1) is 9.08.